The summed E-state index contributed by atoms with van der Waals surface area (Å²) in [5.74, 6) is 0. The maximum absolute atomic E-state index is 12.3. The van der Waals surface area contributed by atoms with Gasteiger partial charge in [-0.25, -0.2) is 0 Å². The summed E-state index contributed by atoms with van der Waals surface area (Å²) in [4.78, 5) is 0. The van der Waals surface area contributed by atoms with E-state index >= 15 is 0 Å². The summed E-state index contributed by atoms with van der Waals surface area (Å²) in [7, 11) is 0. The van der Waals surface area contributed by atoms with Gasteiger partial charge in [0.05, 0.1) is 0 Å². The molecule has 0 aliphatic carbocycles. The molecule has 1 aromatic heterocycles. The largest absolute Gasteiger partial charge is 0.195 e. The third-order valence-corrected chi connectivity index (χ3v) is 2.91. The van der Waals surface area contributed by atoms with E-state index in [1.807, 2.05) is 0 Å². The van der Waals surface area contributed by atoms with Crippen LogP contribution in [0.5, 0.6) is 0 Å². The van der Waals surface area contributed by atoms with Gasteiger partial charge in [0.15, 0.2) is 5.13 Å². The summed E-state index contributed by atoms with van der Waals surface area (Å²) in [6.07, 6.45) is 0. The molecule has 0 spiro atoms. The Balaban J connectivity index is 3.19. The lowest BCUT2D eigenvalue weighted by Gasteiger charge is -1.81. The van der Waals surface area contributed by atoms with Crippen LogP contribution in [0.4, 0.5) is 4.39 Å². The number of hydrogen-bond acceptors (Lipinski definition) is 1. The number of rotatable bonds is 0. The SMILES string of the molecule is Cc1c(Br)csc1F. The van der Waals surface area contributed by atoms with Crippen LogP contribution in [0.1, 0.15) is 5.56 Å². The topological polar surface area (TPSA) is 0 Å². The van der Waals surface area contributed by atoms with Crippen LogP contribution >= 0.6 is 27.3 Å². The molecule has 0 unspecified atom stereocenters. The van der Waals surface area contributed by atoms with E-state index in [-0.39, 0.29) is 5.13 Å². The molecule has 0 saturated heterocycles. The molecule has 0 bridgehead atoms. The first kappa shape index (κ1) is 6.23. The van der Waals surface area contributed by atoms with Gasteiger partial charge < -0.3 is 0 Å². The lowest BCUT2D eigenvalue weighted by molar-refractivity contribution is 0.648. The van der Waals surface area contributed by atoms with Crippen molar-refractivity contribution in [3.8, 4) is 0 Å². The van der Waals surface area contributed by atoms with Crippen molar-refractivity contribution in [3.05, 3.63) is 20.5 Å². The van der Waals surface area contributed by atoms with Gasteiger partial charge in [-0.15, -0.1) is 11.3 Å². The molecule has 8 heavy (non-hydrogen) atoms. The van der Waals surface area contributed by atoms with Crippen LogP contribution in [0.15, 0.2) is 9.85 Å². The van der Waals surface area contributed by atoms with E-state index in [0.717, 1.165) is 15.8 Å². The Morgan fingerprint density at radius 2 is 2.38 bits per heavy atom. The molecule has 1 aromatic rings. The summed E-state index contributed by atoms with van der Waals surface area (Å²) in [6.45, 7) is 1.75. The van der Waals surface area contributed by atoms with Gasteiger partial charge in [-0.3, -0.25) is 0 Å². The summed E-state index contributed by atoms with van der Waals surface area (Å²) < 4.78 is 13.2. The normalized spacial score (nSPS) is 9.88. The Bertz CT molecular complexity index is 175. The third-order valence-electron chi connectivity index (χ3n) is 0.919. The average Bonchev–Trinajstić information content (AvgIpc) is 1.98. The molecule has 0 aliphatic heterocycles. The van der Waals surface area contributed by atoms with Crippen molar-refractivity contribution < 1.29 is 4.39 Å². The number of hydrogen-bond donors (Lipinski definition) is 0. The maximum atomic E-state index is 12.3. The molecule has 0 aliphatic rings. The molecule has 1 rings (SSSR count). The van der Waals surface area contributed by atoms with Gasteiger partial charge in [-0.05, 0) is 22.9 Å². The van der Waals surface area contributed by atoms with E-state index in [9.17, 15) is 4.39 Å². The van der Waals surface area contributed by atoms with Gasteiger partial charge in [0.25, 0.3) is 0 Å². The standard InChI is InChI=1S/C5H4BrFS/c1-3-4(6)2-8-5(3)7/h2H,1H3. The van der Waals surface area contributed by atoms with E-state index in [1.165, 1.54) is 0 Å². The molecule has 44 valence electrons. The Kier molecular flexibility index (Phi) is 1.68. The second kappa shape index (κ2) is 2.15. The van der Waals surface area contributed by atoms with Crippen LogP contribution in [0, 0.1) is 12.1 Å². The lowest BCUT2D eigenvalue weighted by Crippen LogP contribution is -1.67. The molecule has 0 fully saturated rings. The van der Waals surface area contributed by atoms with Crippen molar-refractivity contribution in [1.82, 2.24) is 0 Å². The number of thiophene rings is 1. The van der Waals surface area contributed by atoms with Crippen LogP contribution < -0.4 is 0 Å². The van der Waals surface area contributed by atoms with Crippen LogP contribution in [0.2, 0.25) is 0 Å². The van der Waals surface area contributed by atoms with Crippen molar-refractivity contribution in [3.63, 3.8) is 0 Å². The van der Waals surface area contributed by atoms with Gasteiger partial charge in [0.1, 0.15) is 0 Å². The van der Waals surface area contributed by atoms with Crippen LogP contribution in [0.3, 0.4) is 0 Å². The van der Waals surface area contributed by atoms with E-state index in [0.29, 0.717) is 5.56 Å². The minimum Gasteiger partial charge on any atom is -0.195 e. The minimum absolute atomic E-state index is 0.100. The van der Waals surface area contributed by atoms with E-state index < -0.39 is 0 Å². The molecule has 0 radical (unpaired) electrons. The van der Waals surface area contributed by atoms with E-state index in [2.05, 4.69) is 15.9 Å². The highest BCUT2D eigenvalue weighted by Gasteiger charge is 2.01. The maximum Gasteiger partial charge on any atom is 0.180 e. The van der Waals surface area contributed by atoms with E-state index in [4.69, 9.17) is 0 Å². The molecular formula is C5H4BrFS. The zero-order chi connectivity index (χ0) is 6.15. The Morgan fingerprint density at radius 3 is 2.50 bits per heavy atom. The van der Waals surface area contributed by atoms with Crippen LogP contribution in [-0.2, 0) is 0 Å². The second-order valence-corrected chi connectivity index (χ2v) is 3.17. The molecular weight excluding hydrogens is 191 g/mol. The molecule has 0 amide bonds. The second-order valence-electron chi connectivity index (χ2n) is 1.48. The quantitative estimate of drug-likeness (QED) is 0.596. The highest BCUT2D eigenvalue weighted by atomic mass is 79.9. The molecule has 0 atom stereocenters. The molecule has 3 heteroatoms. The summed E-state index contributed by atoms with van der Waals surface area (Å²) in [6, 6.07) is 0. The van der Waals surface area contributed by atoms with Crippen LogP contribution in [0.25, 0.3) is 0 Å². The minimum atomic E-state index is -0.100. The average molecular weight is 195 g/mol. The van der Waals surface area contributed by atoms with E-state index in [1.54, 1.807) is 12.3 Å². The van der Waals surface area contributed by atoms with Crippen molar-refractivity contribution in [1.29, 1.82) is 0 Å². The van der Waals surface area contributed by atoms with Gasteiger partial charge in [0, 0.05) is 15.4 Å². The summed E-state index contributed by atoms with van der Waals surface area (Å²) >= 11 is 4.30. The zero-order valence-corrected chi connectivity index (χ0v) is 6.64. The summed E-state index contributed by atoms with van der Waals surface area (Å²) in [5, 5.41) is 1.64. The first-order chi connectivity index (χ1) is 3.72. The zero-order valence-electron chi connectivity index (χ0n) is 4.24. The fourth-order valence-electron chi connectivity index (χ4n) is 0.374. The molecule has 0 N–H and O–H groups in total. The molecule has 1 heterocycles. The Morgan fingerprint density at radius 1 is 1.75 bits per heavy atom. The smallest absolute Gasteiger partial charge is 0.180 e. The lowest BCUT2D eigenvalue weighted by atomic mass is 10.4. The number of halogens is 2. The molecule has 0 aromatic carbocycles. The Hall–Kier alpha value is 0.110. The van der Waals surface area contributed by atoms with Gasteiger partial charge in [-0.2, -0.15) is 4.39 Å². The van der Waals surface area contributed by atoms with Crippen LogP contribution in [-0.4, -0.2) is 0 Å². The first-order valence-electron chi connectivity index (χ1n) is 2.11. The molecule has 0 nitrogen and oxygen atoms in total. The fourth-order valence-corrected chi connectivity index (χ4v) is 1.63. The molecule has 0 saturated carbocycles. The van der Waals surface area contributed by atoms with Gasteiger partial charge in [0.2, 0.25) is 0 Å². The fraction of sp³-hybridized carbons (Fsp3) is 0.200. The first-order valence-corrected chi connectivity index (χ1v) is 3.78. The van der Waals surface area contributed by atoms with Gasteiger partial charge in [-0.1, -0.05) is 0 Å². The van der Waals surface area contributed by atoms with Crippen molar-refractivity contribution >= 4 is 27.3 Å². The van der Waals surface area contributed by atoms with Gasteiger partial charge >= 0.3 is 0 Å². The predicted octanol–water partition coefficient (Wildman–Crippen LogP) is 2.96. The third kappa shape index (κ3) is 0.928. The monoisotopic (exact) mass is 194 g/mol. The highest BCUT2D eigenvalue weighted by Crippen LogP contribution is 2.24. The van der Waals surface area contributed by atoms with Crippen molar-refractivity contribution in [2.24, 2.45) is 0 Å². The predicted molar refractivity (Wildman–Crippen MR) is 36.7 cm³/mol. The van der Waals surface area contributed by atoms with Crippen molar-refractivity contribution in [2.45, 2.75) is 6.92 Å². The van der Waals surface area contributed by atoms with Crippen molar-refractivity contribution in [2.75, 3.05) is 0 Å². The highest BCUT2D eigenvalue weighted by molar-refractivity contribution is 9.10. The Labute approximate surface area is 59.5 Å². The summed E-state index contributed by atoms with van der Waals surface area (Å²) in [5.41, 5.74) is 0.704.